The van der Waals surface area contributed by atoms with Crippen LogP contribution in [0.25, 0.3) is 0 Å². The minimum absolute atomic E-state index is 0.556. The second-order valence-corrected chi connectivity index (χ2v) is 3.74. The largest absolute Gasteiger partial charge is 0.483 e. The minimum Gasteiger partial charge on any atom is -0.379 e. The van der Waals surface area contributed by atoms with Crippen LogP contribution in [0.5, 0.6) is 0 Å². The Balaban J connectivity index is 0. The summed E-state index contributed by atoms with van der Waals surface area (Å²) in [5.74, 6) is 0.556. The molecule has 0 saturated carbocycles. The summed E-state index contributed by atoms with van der Waals surface area (Å²) >= 11 is 5.07. The number of rotatable bonds is 4. The number of allylic oxidation sites excluding steroid dienone is 1. The molecule has 11 heavy (non-hydrogen) atoms. The van der Waals surface area contributed by atoms with Crippen LogP contribution in [-0.2, 0) is 13.3 Å². The average molecular weight is 199 g/mol. The van der Waals surface area contributed by atoms with Gasteiger partial charge in [0.15, 0.2) is 0 Å². The van der Waals surface area contributed by atoms with Crippen molar-refractivity contribution in [3.63, 3.8) is 0 Å². The molecule has 0 heterocycles. The van der Waals surface area contributed by atoms with E-state index in [1.165, 1.54) is 0 Å². The van der Waals surface area contributed by atoms with Crippen molar-refractivity contribution < 1.29 is 13.3 Å². The summed E-state index contributed by atoms with van der Waals surface area (Å²) in [5.41, 5.74) is 0. The lowest BCUT2D eigenvalue weighted by Gasteiger charge is -2.05. The maximum atomic E-state index is 5.07. The van der Waals surface area contributed by atoms with Gasteiger partial charge in [-0.1, -0.05) is 6.08 Å². The van der Waals surface area contributed by atoms with Crippen LogP contribution in [0, 0.1) is 0 Å². The van der Waals surface area contributed by atoms with Crippen LogP contribution in [0.3, 0.4) is 0 Å². The molecule has 0 atom stereocenters. The van der Waals surface area contributed by atoms with Crippen LogP contribution in [-0.4, -0.2) is 36.7 Å². The highest BCUT2D eigenvalue weighted by molar-refractivity contribution is 6.36. The number of alkyl halides is 1. The molecule has 0 amide bonds. The van der Waals surface area contributed by atoms with Crippen LogP contribution >= 0.6 is 11.6 Å². The monoisotopic (exact) mass is 198 g/mol. The lowest BCUT2D eigenvalue weighted by Crippen LogP contribution is -2.21. The van der Waals surface area contributed by atoms with Crippen LogP contribution in [0.15, 0.2) is 12.7 Å². The molecule has 5 heteroatoms. The third kappa shape index (κ3) is 13.2. The summed E-state index contributed by atoms with van der Waals surface area (Å²) in [7, 11) is 3.05. The predicted molar refractivity (Wildman–Crippen MR) is 49.1 cm³/mol. The van der Waals surface area contributed by atoms with Gasteiger partial charge in [-0.05, 0) is 0 Å². The summed E-state index contributed by atoms with van der Waals surface area (Å²) in [6.07, 6.45) is 1.64. The smallest absolute Gasteiger partial charge is 0.379 e. The second kappa shape index (κ2) is 12.8. The first kappa shape index (κ1) is 13.7. The van der Waals surface area contributed by atoms with Crippen LogP contribution in [0.2, 0.25) is 0 Å². The van der Waals surface area contributed by atoms with E-state index in [1.54, 1.807) is 27.4 Å². The first-order valence-electron chi connectivity index (χ1n) is 3.02. The quantitative estimate of drug-likeness (QED) is 0.384. The Morgan fingerprint density at radius 1 is 1.27 bits per heavy atom. The second-order valence-electron chi connectivity index (χ2n) is 1.44. The molecule has 68 valence electrons. The molecule has 0 N–H and O–H groups in total. The molecule has 0 aliphatic carbocycles. The van der Waals surface area contributed by atoms with Crippen molar-refractivity contribution in [3.8, 4) is 0 Å². The van der Waals surface area contributed by atoms with E-state index in [-0.39, 0.29) is 0 Å². The zero-order valence-electron chi connectivity index (χ0n) is 7.17. The lowest BCUT2D eigenvalue weighted by atomic mass is 10.8. The average Bonchev–Trinajstić information content (AvgIpc) is 2.08. The highest BCUT2D eigenvalue weighted by Gasteiger charge is 2.04. The Hall–Kier alpha value is 0.127. The first-order chi connectivity index (χ1) is 5.26. The molecule has 0 spiro atoms. The van der Waals surface area contributed by atoms with Crippen molar-refractivity contribution in [1.82, 2.24) is 0 Å². The van der Waals surface area contributed by atoms with Crippen molar-refractivity contribution in [2.24, 2.45) is 0 Å². The van der Waals surface area contributed by atoms with E-state index in [9.17, 15) is 0 Å². The topological polar surface area (TPSA) is 27.7 Å². The maximum Gasteiger partial charge on any atom is 0.483 e. The van der Waals surface area contributed by atoms with Crippen molar-refractivity contribution in [2.45, 2.75) is 0 Å². The molecule has 0 saturated heterocycles. The summed E-state index contributed by atoms with van der Waals surface area (Å²) in [4.78, 5) is 0. The van der Waals surface area contributed by atoms with Crippen molar-refractivity contribution >= 4 is 21.1 Å². The van der Waals surface area contributed by atoms with Crippen molar-refractivity contribution in [1.29, 1.82) is 0 Å². The van der Waals surface area contributed by atoms with Gasteiger partial charge in [0, 0.05) is 27.2 Å². The zero-order valence-corrected chi connectivity index (χ0v) is 9.08. The van der Waals surface area contributed by atoms with Gasteiger partial charge in [0.2, 0.25) is 0 Å². The minimum atomic E-state index is -1.67. The van der Waals surface area contributed by atoms with E-state index in [2.05, 4.69) is 6.58 Å². The summed E-state index contributed by atoms with van der Waals surface area (Å²) in [6, 6.07) is 0. The summed E-state index contributed by atoms with van der Waals surface area (Å²) < 4.78 is 14.2. The molecule has 0 aliphatic heterocycles. The third-order valence-electron chi connectivity index (χ3n) is 0.686. The molecule has 0 bridgehead atoms. The van der Waals surface area contributed by atoms with E-state index >= 15 is 0 Å². The molecule has 3 nitrogen and oxygen atoms in total. The van der Waals surface area contributed by atoms with Crippen LogP contribution < -0.4 is 0 Å². The van der Waals surface area contributed by atoms with Gasteiger partial charge in [-0.15, -0.1) is 18.2 Å². The molecule has 0 fully saturated rings. The predicted octanol–water partition coefficient (Wildman–Crippen LogP) is 1.05. The van der Waals surface area contributed by atoms with E-state index in [4.69, 9.17) is 24.9 Å². The molecular weight excluding hydrogens is 184 g/mol. The molecule has 0 radical (unpaired) electrons. The normalized spacial score (nSPS) is 8.82. The fraction of sp³-hybridized carbons (Fsp3) is 0.667. The lowest BCUT2D eigenvalue weighted by molar-refractivity contribution is 0.163. The molecule has 0 aromatic carbocycles. The van der Waals surface area contributed by atoms with Gasteiger partial charge < -0.3 is 13.3 Å². The third-order valence-corrected chi connectivity index (χ3v) is 2.06. The van der Waals surface area contributed by atoms with Gasteiger partial charge in [0.25, 0.3) is 0 Å². The Labute approximate surface area is 74.9 Å². The van der Waals surface area contributed by atoms with Gasteiger partial charge in [0.1, 0.15) is 0 Å². The zero-order chi connectivity index (χ0) is 9.11. The van der Waals surface area contributed by atoms with E-state index in [0.29, 0.717) is 5.88 Å². The summed E-state index contributed by atoms with van der Waals surface area (Å²) in [6.45, 7) is 3.35. The van der Waals surface area contributed by atoms with Crippen molar-refractivity contribution in [3.05, 3.63) is 12.7 Å². The van der Waals surface area contributed by atoms with Gasteiger partial charge in [-0.2, -0.15) is 0 Å². The standard InChI is InChI=1S/C3H5Cl.C3H10O3Si/c1-2-3-4;1-4-7(5-2)6-3/h2H,1,3H2;7H,1-3H3. The first-order valence-corrected chi connectivity index (χ1v) is 4.96. The van der Waals surface area contributed by atoms with Crippen LogP contribution in [0.4, 0.5) is 0 Å². The van der Waals surface area contributed by atoms with Crippen LogP contribution in [0.1, 0.15) is 0 Å². The highest BCUT2D eigenvalue weighted by Crippen LogP contribution is 1.81. The SMILES string of the molecule is C=CCCl.CO[SiH](OC)OC. The molecular formula is C6H15ClO3Si. The van der Waals surface area contributed by atoms with Gasteiger partial charge in [-0.3, -0.25) is 0 Å². The number of halogens is 1. The van der Waals surface area contributed by atoms with E-state index in [1.807, 2.05) is 0 Å². The van der Waals surface area contributed by atoms with Gasteiger partial charge in [-0.25, -0.2) is 0 Å². The Bertz CT molecular complexity index is 72.7. The Morgan fingerprint density at radius 2 is 1.55 bits per heavy atom. The van der Waals surface area contributed by atoms with Gasteiger partial charge >= 0.3 is 9.53 Å². The van der Waals surface area contributed by atoms with E-state index in [0.717, 1.165) is 0 Å². The summed E-state index contributed by atoms with van der Waals surface area (Å²) in [5, 5.41) is 0. The molecule has 0 unspecified atom stereocenters. The maximum absolute atomic E-state index is 5.07. The van der Waals surface area contributed by atoms with E-state index < -0.39 is 9.53 Å². The Kier molecular flexibility index (Phi) is 15.9. The highest BCUT2D eigenvalue weighted by atomic mass is 35.5. The number of hydrogen-bond acceptors (Lipinski definition) is 3. The fourth-order valence-electron chi connectivity index (χ4n) is 0.289. The molecule has 0 aromatic heterocycles. The van der Waals surface area contributed by atoms with Crippen molar-refractivity contribution in [2.75, 3.05) is 27.2 Å². The molecule has 0 aromatic rings. The Morgan fingerprint density at radius 3 is 1.55 bits per heavy atom. The fourth-order valence-corrected chi connectivity index (χ4v) is 0.866. The molecule has 0 aliphatic rings. The van der Waals surface area contributed by atoms with Gasteiger partial charge in [0.05, 0.1) is 0 Å². The number of hydrogen-bond donors (Lipinski definition) is 0. The molecule has 0 rings (SSSR count).